The molecule has 0 aromatic heterocycles. The number of benzene rings is 1. The summed E-state index contributed by atoms with van der Waals surface area (Å²) in [5, 5.41) is 8.57. The third kappa shape index (κ3) is 3.20. The highest BCUT2D eigenvalue weighted by atomic mass is 16.4. The second-order valence-electron chi connectivity index (χ2n) is 4.34. The molecule has 0 saturated carbocycles. The zero-order valence-corrected chi connectivity index (χ0v) is 10.0. The zero-order valence-electron chi connectivity index (χ0n) is 10.0. The first-order valence-corrected chi connectivity index (χ1v) is 5.93. The molecule has 1 fully saturated rings. The van der Waals surface area contributed by atoms with E-state index in [0.29, 0.717) is 13.0 Å². The Balaban J connectivity index is 2.07. The quantitative estimate of drug-likeness (QED) is 0.824. The summed E-state index contributed by atoms with van der Waals surface area (Å²) in [6.07, 6.45) is 4.23. The van der Waals surface area contributed by atoms with E-state index >= 15 is 0 Å². The standard InChI is InChI=1S/C14H15NO3/c16-13-5-2-8-15(13)10-12-4-1-3-11(9-12)6-7-14(17)18/h1,3-4,6-7,9H,2,5,8,10H2,(H,17,18). The van der Waals surface area contributed by atoms with Crippen LogP contribution in [-0.2, 0) is 16.1 Å². The molecule has 0 aliphatic carbocycles. The predicted molar refractivity (Wildman–Crippen MR) is 67.8 cm³/mol. The minimum Gasteiger partial charge on any atom is -0.478 e. The molecule has 0 atom stereocenters. The fourth-order valence-electron chi connectivity index (χ4n) is 2.05. The summed E-state index contributed by atoms with van der Waals surface area (Å²) in [5.41, 5.74) is 1.86. The maximum absolute atomic E-state index is 11.5. The van der Waals surface area contributed by atoms with Gasteiger partial charge in [-0.3, -0.25) is 4.79 Å². The average molecular weight is 245 g/mol. The summed E-state index contributed by atoms with van der Waals surface area (Å²) in [6, 6.07) is 7.57. The van der Waals surface area contributed by atoms with Crippen molar-refractivity contribution in [3.05, 3.63) is 41.5 Å². The van der Waals surface area contributed by atoms with Crippen LogP contribution in [0.15, 0.2) is 30.3 Å². The molecule has 94 valence electrons. The van der Waals surface area contributed by atoms with E-state index in [1.54, 1.807) is 6.08 Å². The number of nitrogens with zero attached hydrogens (tertiary/aromatic N) is 1. The summed E-state index contributed by atoms with van der Waals surface area (Å²) >= 11 is 0. The molecule has 0 radical (unpaired) electrons. The number of hydrogen-bond acceptors (Lipinski definition) is 2. The fourth-order valence-corrected chi connectivity index (χ4v) is 2.05. The lowest BCUT2D eigenvalue weighted by Crippen LogP contribution is -2.23. The molecule has 1 heterocycles. The molecular formula is C14H15NO3. The van der Waals surface area contributed by atoms with Crippen molar-refractivity contribution >= 4 is 18.0 Å². The van der Waals surface area contributed by atoms with Crippen molar-refractivity contribution in [1.29, 1.82) is 0 Å². The SMILES string of the molecule is O=C(O)C=Cc1cccc(CN2CCCC2=O)c1. The molecule has 1 aromatic rings. The molecule has 4 heteroatoms. The Hall–Kier alpha value is -2.10. The Morgan fingerprint density at radius 3 is 2.94 bits per heavy atom. The Morgan fingerprint density at radius 2 is 2.28 bits per heavy atom. The molecule has 0 spiro atoms. The minimum atomic E-state index is -0.963. The summed E-state index contributed by atoms with van der Waals surface area (Å²) < 4.78 is 0. The van der Waals surface area contributed by atoms with E-state index in [9.17, 15) is 9.59 Å². The molecule has 18 heavy (non-hydrogen) atoms. The topological polar surface area (TPSA) is 57.6 Å². The van der Waals surface area contributed by atoms with E-state index in [1.165, 1.54) is 0 Å². The van der Waals surface area contributed by atoms with Crippen LogP contribution >= 0.6 is 0 Å². The first-order chi connectivity index (χ1) is 8.65. The minimum absolute atomic E-state index is 0.196. The number of amides is 1. The Bertz CT molecular complexity index is 494. The molecule has 1 aliphatic rings. The van der Waals surface area contributed by atoms with Gasteiger partial charge in [0.25, 0.3) is 0 Å². The highest BCUT2D eigenvalue weighted by Crippen LogP contribution is 2.15. The second kappa shape index (κ2) is 5.49. The van der Waals surface area contributed by atoms with Crippen LogP contribution in [0.5, 0.6) is 0 Å². The zero-order chi connectivity index (χ0) is 13.0. The average Bonchev–Trinajstić information content (AvgIpc) is 2.73. The lowest BCUT2D eigenvalue weighted by atomic mass is 10.1. The van der Waals surface area contributed by atoms with Crippen LogP contribution < -0.4 is 0 Å². The smallest absolute Gasteiger partial charge is 0.328 e. The van der Waals surface area contributed by atoms with Crippen LogP contribution in [0, 0.1) is 0 Å². The molecule has 1 saturated heterocycles. The van der Waals surface area contributed by atoms with Crippen LogP contribution in [0.3, 0.4) is 0 Å². The Kier molecular flexibility index (Phi) is 3.77. The molecule has 2 rings (SSSR count). The molecule has 1 N–H and O–H groups in total. The molecule has 0 bridgehead atoms. The summed E-state index contributed by atoms with van der Waals surface area (Å²) in [4.78, 5) is 23.8. The first kappa shape index (κ1) is 12.4. The molecule has 4 nitrogen and oxygen atoms in total. The molecule has 1 aliphatic heterocycles. The lowest BCUT2D eigenvalue weighted by Gasteiger charge is -2.15. The van der Waals surface area contributed by atoms with Crippen molar-refractivity contribution in [2.24, 2.45) is 0 Å². The van der Waals surface area contributed by atoms with Crippen molar-refractivity contribution in [2.75, 3.05) is 6.54 Å². The molecular weight excluding hydrogens is 230 g/mol. The van der Waals surface area contributed by atoms with Gasteiger partial charge in [0, 0.05) is 25.6 Å². The first-order valence-electron chi connectivity index (χ1n) is 5.93. The van der Waals surface area contributed by atoms with Gasteiger partial charge in [-0.1, -0.05) is 18.2 Å². The summed E-state index contributed by atoms with van der Waals surface area (Å²) in [6.45, 7) is 1.42. The monoisotopic (exact) mass is 245 g/mol. The van der Waals surface area contributed by atoms with Crippen molar-refractivity contribution in [1.82, 2.24) is 4.90 Å². The van der Waals surface area contributed by atoms with E-state index in [0.717, 1.165) is 30.2 Å². The largest absolute Gasteiger partial charge is 0.478 e. The van der Waals surface area contributed by atoms with Gasteiger partial charge in [0.15, 0.2) is 0 Å². The van der Waals surface area contributed by atoms with Gasteiger partial charge in [0.05, 0.1) is 0 Å². The van der Waals surface area contributed by atoms with E-state index in [1.807, 2.05) is 29.2 Å². The maximum Gasteiger partial charge on any atom is 0.328 e. The van der Waals surface area contributed by atoms with Crippen molar-refractivity contribution in [3.63, 3.8) is 0 Å². The van der Waals surface area contributed by atoms with Gasteiger partial charge in [0.2, 0.25) is 5.91 Å². The van der Waals surface area contributed by atoms with Gasteiger partial charge >= 0.3 is 5.97 Å². The summed E-state index contributed by atoms with van der Waals surface area (Å²) in [5.74, 6) is -0.767. The van der Waals surface area contributed by atoms with E-state index in [4.69, 9.17) is 5.11 Å². The lowest BCUT2D eigenvalue weighted by molar-refractivity contribution is -0.131. The van der Waals surface area contributed by atoms with Gasteiger partial charge in [0.1, 0.15) is 0 Å². The number of rotatable bonds is 4. The highest BCUT2D eigenvalue weighted by Gasteiger charge is 2.19. The van der Waals surface area contributed by atoms with E-state index in [2.05, 4.69) is 0 Å². The van der Waals surface area contributed by atoms with Gasteiger partial charge in [-0.25, -0.2) is 4.79 Å². The van der Waals surface area contributed by atoms with Crippen LogP contribution in [0.25, 0.3) is 6.08 Å². The normalized spacial score (nSPS) is 15.6. The predicted octanol–water partition coefficient (Wildman–Crippen LogP) is 1.91. The van der Waals surface area contributed by atoms with Crippen LogP contribution in [0.4, 0.5) is 0 Å². The Labute approximate surface area is 106 Å². The van der Waals surface area contributed by atoms with Crippen molar-refractivity contribution in [3.8, 4) is 0 Å². The summed E-state index contributed by atoms with van der Waals surface area (Å²) in [7, 11) is 0. The van der Waals surface area contributed by atoms with Crippen molar-refractivity contribution in [2.45, 2.75) is 19.4 Å². The third-order valence-electron chi connectivity index (χ3n) is 2.91. The van der Waals surface area contributed by atoms with Gasteiger partial charge in [-0.05, 0) is 29.7 Å². The van der Waals surface area contributed by atoms with Gasteiger partial charge < -0.3 is 10.0 Å². The van der Waals surface area contributed by atoms with Crippen LogP contribution in [0.2, 0.25) is 0 Å². The molecule has 0 unspecified atom stereocenters. The third-order valence-corrected chi connectivity index (χ3v) is 2.91. The van der Waals surface area contributed by atoms with E-state index < -0.39 is 5.97 Å². The number of aliphatic carboxylic acids is 1. The van der Waals surface area contributed by atoms with Crippen LogP contribution in [0.1, 0.15) is 24.0 Å². The molecule has 1 aromatic carbocycles. The number of carbonyl (C=O) groups excluding carboxylic acids is 1. The number of likely N-dealkylation sites (tertiary alicyclic amines) is 1. The highest BCUT2D eigenvalue weighted by molar-refractivity contribution is 5.85. The maximum atomic E-state index is 11.5. The second-order valence-corrected chi connectivity index (χ2v) is 4.34. The number of carbonyl (C=O) groups is 2. The Morgan fingerprint density at radius 1 is 1.44 bits per heavy atom. The van der Waals surface area contributed by atoms with E-state index in [-0.39, 0.29) is 5.91 Å². The number of carboxylic acids is 1. The van der Waals surface area contributed by atoms with Crippen LogP contribution in [-0.4, -0.2) is 28.4 Å². The van der Waals surface area contributed by atoms with Gasteiger partial charge in [-0.15, -0.1) is 0 Å². The fraction of sp³-hybridized carbons (Fsp3) is 0.286. The number of hydrogen-bond donors (Lipinski definition) is 1. The molecule has 1 amide bonds. The van der Waals surface area contributed by atoms with Crippen molar-refractivity contribution < 1.29 is 14.7 Å². The van der Waals surface area contributed by atoms with Gasteiger partial charge in [-0.2, -0.15) is 0 Å². The number of carboxylic acid groups (broad SMARTS) is 1.